The van der Waals surface area contributed by atoms with Crippen LogP contribution in [0.5, 0.6) is 0 Å². The van der Waals surface area contributed by atoms with Crippen molar-refractivity contribution in [3.8, 4) is 0 Å². The number of esters is 1. The molecule has 2 nitrogen and oxygen atoms in total. The fraction of sp³-hybridized carbons (Fsp3) is 0.800. The summed E-state index contributed by atoms with van der Waals surface area (Å²) in [5.41, 5.74) is 0. The molecule has 0 bridgehead atoms. The minimum Gasteiger partial charge on any atom is -0.429 e. The maximum absolute atomic E-state index is 12.4. The van der Waals surface area contributed by atoms with Crippen LogP contribution in [-0.2, 0) is 9.53 Å². The van der Waals surface area contributed by atoms with E-state index in [4.69, 9.17) is 0 Å². The highest BCUT2D eigenvalue weighted by Crippen LogP contribution is 2.26. The average molecular weight is 118 g/mol. The van der Waals surface area contributed by atoms with Crippen molar-refractivity contribution in [2.45, 2.75) is 25.6 Å². The van der Waals surface area contributed by atoms with E-state index in [0.717, 1.165) is 0 Å². The van der Waals surface area contributed by atoms with E-state index in [1.807, 2.05) is 0 Å². The predicted octanol–water partition coefficient (Wildman–Crippen LogP) is 1.01. The van der Waals surface area contributed by atoms with Crippen LogP contribution in [0, 0.1) is 0 Å². The van der Waals surface area contributed by atoms with E-state index in [-0.39, 0.29) is 12.8 Å². The first-order valence-electron chi connectivity index (χ1n) is 2.51. The number of ether oxygens (including phenoxy) is 1. The zero-order valence-corrected chi connectivity index (χ0v) is 4.61. The van der Waals surface area contributed by atoms with Crippen LogP contribution in [-0.4, -0.2) is 11.8 Å². The molecule has 1 rings (SSSR count). The van der Waals surface area contributed by atoms with Gasteiger partial charge in [0.2, 0.25) is 5.85 Å². The van der Waals surface area contributed by atoms with Gasteiger partial charge in [-0.25, -0.2) is 0 Å². The number of hydrogen-bond donors (Lipinski definition) is 0. The molecule has 3 heteroatoms. The summed E-state index contributed by atoms with van der Waals surface area (Å²) in [4.78, 5) is 10.2. The van der Waals surface area contributed by atoms with Crippen LogP contribution in [0.1, 0.15) is 19.8 Å². The van der Waals surface area contributed by atoms with Crippen molar-refractivity contribution in [1.82, 2.24) is 0 Å². The SMILES string of the molecule is CC1(F)CCC(=O)O1. The Kier molecular flexibility index (Phi) is 0.994. The first-order chi connectivity index (χ1) is 3.60. The molecule has 0 aliphatic carbocycles. The Morgan fingerprint density at radius 1 is 1.88 bits per heavy atom. The molecule has 0 aromatic rings. The van der Waals surface area contributed by atoms with Crippen molar-refractivity contribution in [3.05, 3.63) is 0 Å². The Morgan fingerprint density at radius 2 is 2.50 bits per heavy atom. The molecule has 0 aromatic carbocycles. The van der Waals surface area contributed by atoms with Crippen molar-refractivity contribution in [1.29, 1.82) is 0 Å². The van der Waals surface area contributed by atoms with Crippen LogP contribution in [0.4, 0.5) is 4.39 Å². The molecule has 1 saturated heterocycles. The molecule has 1 unspecified atom stereocenters. The van der Waals surface area contributed by atoms with Gasteiger partial charge in [-0.1, -0.05) is 0 Å². The number of carbonyl (C=O) groups is 1. The number of rotatable bonds is 0. The molecule has 8 heavy (non-hydrogen) atoms. The second-order valence-corrected chi connectivity index (χ2v) is 2.08. The van der Waals surface area contributed by atoms with Crippen molar-refractivity contribution in [2.24, 2.45) is 0 Å². The second kappa shape index (κ2) is 1.44. The van der Waals surface area contributed by atoms with E-state index in [2.05, 4.69) is 4.74 Å². The molecule has 1 atom stereocenters. The first-order valence-corrected chi connectivity index (χ1v) is 2.51. The lowest BCUT2D eigenvalue weighted by Crippen LogP contribution is -2.15. The van der Waals surface area contributed by atoms with E-state index >= 15 is 0 Å². The fourth-order valence-corrected chi connectivity index (χ4v) is 0.665. The van der Waals surface area contributed by atoms with Gasteiger partial charge in [-0.3, -0.25) is 4.79 Å². The van der Waals surface area contributed by atoms with Gasteiger partial charge >= 0.3 is 5.97 Å². The lowest BCUT2D eigenvalue weighted by atomic mass is 10.2. The van der Waals surface area contributed by atoms with Crippen LogP contribution < -0.4 is 0 Å². The zero-order chi connectivity index (χ0) is 6.20. The number of halogens is 1. The van der Waals surface area contributed by atoms with E-state index in [1.165, 1.54) is 6.92 Å². The van der Waals surface area contributed by atoms with Gasteiger partial charge in [0.15, 0.2) is 0 Å². The summed E-state index contributed by atoms with van der Waals surface area (Å²) in [5.74, 6) is -2.12. The molecule has 0 spiro atoms. The van der Waals surface area contributed by atoms with E-state index in [0.29, 0.717) is 0 Å². The molecule has 46 valence electrons. The molecule has 1 aliphatic heterocycles. The Bertz CT molecular complexity index is 120. The van der Waals surface area contributed by atoms with Crippen molar-refractivity contribution in [3.63, 3.8) is 0 Å². The van der Waals surface area contributed by atoms with Crippen LogP contribution in [0.25, 0.3) is 0 Å². The number of alkyl halides is 1. The average Bonchev–Trinajstić information content (AvgIpc) is 1.82. The zero-order valence-electron chi connectivity index (χ0n) is 4.61. The van der Waals surface area contributed by atoms with E-state index in [9.17, 15) is 9.18 Å². The minimum absolute atomic E-state index is 0.200. The summed E-state index contributed by atoms with van der Waals surface area (Å²) in [6.45, 7) is 1.26. The van der Waals surface area contributed by atoms with Gasteiger partial charge in [0.05, 0.1) is 6.42 Å². The lowest BCUT2D eigenvalue weighted by molar-refractivity contribution is -0.160. The summed E-state index contributed by atoms with van der Waals surface area (Å²) in [7, 11) is 0. The van der Waals surface area contributed by atoms with Gasteiger partial charge in [-0.2, -0.15) is 4.39 Å². The number of carbonyl (C=O) groups excluding carboxylic acids is 1. The van der Waals surface area contributed by atoms with E-state index in [1.54, 1.807) is 0 Å². The molecule has 1 fully saturated rings. The predicted molar refractivity (Wildman–Crippen MR) is 24.8 cm³/mol. The van der Waals surface area contributed by atoms with Crippen LogP contribution in [0.15, 0.2) is 0 Å². The normalized spacial score (nSPS) is 37.5. The van der Waals surface area contributed by atoms with Crippen LogP contribution in [0.2, 0.25) is 0 Å². The lowest BCUT2D eigenvalue weighted by Gasteiger charge is -2.08. The van der Waals surface area contributed by atoms with Gasteiger partial charge in [-0.05, 0) is 0 Å². The molecule has 0 saturated carbocycles. The van der Waals surface area contributed by atoms with Gasteiger partial charge in [0, 0.05) is 13.3 Å². The highest BCUT2D eigenvalue weighted by Gasteiger charge is 2.34. The van der Waals surface area contributed by atoms with Crippen molar-refractivity contribution in [2.75, 3.05) is 0 Å². The third-order valence-corrected chi connectivity index (χ3v) is 1.10. The van der Waals surface area contributed by atoms with Gasteiger partial charge in [0.25, 0.3) is 0 Å². The number of hydrogen-bond acceptors (Lipinski definition) is 2. The molecule has 1 heterocycles. The van der Waals surface area contributed by atoms with Crippen molar-refractivity contribution < 1.29 is 13.9 Å². The smallest absolute Gasteiger partial charge is 0.308 e. The van der Waals surface area contributed by atoms with Gasteiger partial charge < -0.3 is 4.74 Å². The topological polar surface area (TPSA) is 26.3 Å². The number of cyclic esters (lactones) is 1. The molecular weight excluding hydrogens is 111 g/mol. The van der Waals surface area contributed by atoms with E-state index < -0.39 is 11.8 Å². The maximum Gasteiger partial charge on any atom is 0.308 e. The highest BCUT2D eigenvalue weighted by atomic mass is 19.2. The summed E-state index contributed by atoms with van der Waals surface area (Å²) in [6.07, 6.45) is 0.416. The fourth-order valence-electron chi connectivity index (χ4n) is 0.665. The molecule has 0 aromatic heterocycles. The summed E-state index contributed by atoms with van der Waals surface area (Å²) >= 11 is 0. The molecule has 0 N–H and O–H groups in total. The first kappa shape index (κ1) is 5.54. The maximum atomic E-state index is 12.4. The van der Waals surface area contributed by atoms with Crippen molar-refractivity contribution >= 4 is 5.97 Å². The van der Waals surface area contributed by atoms with Gasteiger partial charge in [-0.15, -0.1) is 0 Å². The monoisotopic (exact) mass is 118 g/mol. The summed E-state index contributed by atoms with van der Waals surface area (Å²) in [5, 5.41) is 0. The third kappa shape index (κ3) is 0.967. The molecule has 0 radical (unpaired) electrons. The molecule has 1 aliphatic rings. The summed E-state index contributed by atoms with van der Waals surface area (Å²) in [6, 6.07) is 0. The minimum atomic E-state index is -1.68. The Morgan fingerprint density at radius 3 is 2.62 bits per heavy atom. The van der Waals surface area contributed by atoms with Gasteiger partial charge in [0.1, 0.15) is 0 Å². The third-order valence-electron chi connectivity index (χ3n) is 1.10. The van der Waals surface area contributed by atoms with Crippen LogP contribution >= 0.6 is 0 Å². The summed E-state index contributed by atoms with van der Waals surface area (Å²) < 4.78 is 16.7. The van der Waals surface area contributed by atoms with Crippen LogP contribution in [0.3, 0.4) is 0 Å². The largest absolute Gasteiger partial charge is 0.429 e. The Labute approximate surface area is 46.6 Å². The Balaban J connectivity index is 2.56. The Hall–Kier alpha value is -0.600. The second-order valence-electron chi connectivity index (χ2n) is 2.08. The quantitative estimate of drug-likeness (QED) is 0.444. The standard InChI is InChI=1S/C5H7FO2/c1-5(6)3-2-4(7)8-5/h2-3H2,1H3. The molecule has 0 amide bonds. The molecular formula is C5H7FO2. The highest BCUT2D eigenvalue weighted by molar-refractivity contribution is 5.71.